The van der Waals surface area contributed by atoms with E-state index in [0.29, 0.717) is 23.6 Å². The fourth-order valence-electron chi connectivity index (χ4n) is 2.24. The van der Waals surface area contributed by atoms with Crippen molar-refractivity contribution in [2.75, 3.05) is 19.7 Å². The molecule has 1 rings (SSSR count). The number of rotatable bonds is 8. The number of carbonyl (C=O) groups excluding carboxylic acids is 2. The van der Waals surface area contributed by atoms with Crippen molar-refractivity contribution >= 4 is 11.8 Å². The minimum absolute atomic E-state index is 0.0279. The van der Waals surface area contributed by atoms with Crippen molar-refractivity contribution < 1.29 is 19.1 Å². The normalized spacial score (nSPS) is 11.3. The summed E-state index contributed by atoms with van der Waals surface area (Å²) in [5.41, 5.74) is 0.148. The van der Waals surface area contributed by atoms with E-state index in [2.05, 4.69) is 10.6 Å². The summed E-state index contributed by atoms with van der Waals surface area (Å²) in [4.78, 5) is 23.8. The number of furan rings is 1. The Morgan fingerprint density at radius 3 is 2.32 bits per heavy atom. The van der Waals surface area contributed by atoms with Crippen molar-refractivity contribution in [3.8, 4) is 0 Å². The molecule has 0 spiro atoms. The van der Waals surface area contributed by atoms with Crippen LogP contribution >= 0.6 is 0 Å². The van der Waals surface area contributed by atoms with Crippen LogP contribution in [0.25, 0.3) is 0 Å². The second-order valence-electron chi connectivity index (χ2n) is 5.65. The highest BCUT2D eigenvalue weighted by molar-refractivity contribution is 5.97. The molecule has 0 fully saturated rings. The number of amides is 2. The summed E-state index contributed by atoms with van der Waals surface area (Å²) in [5, 5.41) is 14.8. The van der Waals surface area contributed by atoms with Crippen molar-refractivity contribution in [2.45, 2.75) is 40.5 Å². The Hall–Kier alpha value is -1.82. The molecule has 6 nitrogen and oxygen atoms in total. The highest BCUT2D eigenvalue weighted by atomic mass is 16.3. The van der Waals surface area contributed by atoms with Crippen LogP contribution < -0.4 is 10.6 Å². The molecule has 1 heterocycles. The maximum Gasteiger partial charge on any atom is 0.255 e. The summed E-state index contributed by atoms with van der Waals surface area (Å²) in [7, 11) is 0. The molecule has 0 radical (unpaired) electrons. The third kappa shape index (κ3) is 4.59. The average molecular weight is 310 g/mol. The van der Waals surface area contributed by atoms with Gasteiger partial charge < -0.3 is 20.2 Å². The van der Waals surface area contributed by atoms with Gasteiger partial charge in [0.25, 0.3) is 5.91 Å². The van der Waals surface area contributed by atoms with E-state index < -0.39 is 0 Å². The van der Waals surface area contributed by atoms with E-state index in [0.717, 1.165) is 12.8 Å². The Bertz CT molecular complexity index is 510. The zero-order valence-electron chi connectivity index (χ0n) is 13.8. The van der Waals surface area contributed by atoms with Gasteiger partial charge in [0.2, 0.25) is 5.91 Å². The fourth-order valence-corrected chi connectivity index (χ4v) is 2.24. The molecule has 0 saturated carbocycles. The van der Waals surface area contributed by atoms with E-state index in [-0.39, 0.29) is 30.4 Å². The summed E-state index contributed by atoms with van der Waals surface area (Å²) >= 11 is 0. The van der Waals surface area contributed by atoms with Crippen LogP contribution in [0.1, 0.15) is 48.6 Å². The number of carbonyl (C=O) groups is 2. The van der Waals surface area contributed by atoms with E-state index in [4.69, 9.17) is 4.42 Å². The molecule has 3 N–H and O–H groups in total. The smallest absolute Gasteiger partial charge is 0.255 e. The van der Waals surface area contributed by atoms with E-state index in [9.17, 15) is 14.7 Å². The first kappa shape index (κ1) is 18.2. The van der Waals surface area contributed by atoms with E-state index >= 15 is 0 Å². The van der Waals surface area contributed by atoms with Gasteiger partial charge in [-0.2, -0.15) is 0 Å². The Balaban J connectivity index is 2.46. The van der Waals surface area contributed by atoms with Crippen LogP contribution in [-0.4, -0.2) is 36.6 Å². The van der Waals surface area contributed by atoms with Gasteiger partial charge in [-0.1, -0.05) is 13.8 Å². The number of hydrogen-bond acceptors (Lipinski definition) is 4. The van der Waals surface area contributed by atoms with Crippen molar-refractivity contribution in [3.05, 3.63) is 23.2 Å². The van der Waals surface area contributed by atoms with Gasteiger partial charge in [0.05, 0.1) is 18.7 Å². The number of aliphatic hydroxyl groups is 1. The second-order valence-corrected chi connectivity index (χ2v) is 5.65. The summed E-state index contributed by atoms with van der Waals surface area (Å²) < 4.78 is 5.29. The maximum absolute atomic E-state index is 12.0. The maximum atomic E-state index is 12.0. The van der Waals surface area contributed by atoms with Crippen molar-refractivity contribution in [1.82, 2.24) is 10.6 Å². The molecule has 0 aliphatic rings. The molecule has 0 atom stereocenters. The lowest BCUT2D eigenvalue weighted by atomic mass is 9.83. The van der Waals surface area contributed by atoms with Gasteiger partial charge in [-0.05, 0) is 32.8 Å². The second kappa shape index (κ2) is 7.98. The molecule has 1 aromatic heterocycles. The van der Waals surface area contributed by atoms with Gasteiger partial charge in [0, 0.05) is 12.0 Å². The highest BCUT2D eigenvalue weighted by Gasteiger charge is 2.25. The Kier molecular flexibility index (Phi) is 6.61. The first-order valence-corrected chi connectivity index (χ1v) is 7.60. The van der Waals surface area contributed by atoms with Gasteiger partial charge in [-0.25, -0.2) is 0 Å². The number of aliphatic hydroxyl groups excluding tert-OH is 1. The topological polar surface area (TPSA) is 91.6 Å². The van der Waals surface area contributed by atoms with Crippen LogP contribution in [0.4, 0.5) is 0 Å². The lowest BCUT2D eigenvalue weighted by Gasteiger charge is -2.29. The Morgan fingerprint density at radius 2 is 1.86 bits per heavy atom. The summed E-state index contributed by atoms with van der Waals surface area (Å²) in [5.74, 6) is 0.590. The van der Waals surface area contributed by atoms with Crippen molar-refractivity contribution in [2.24, 2.45) is 5.41 Å². The van der Waals surface area contributed by atoms with E-state index in [1.54, 1.807) is 19.9 Å². The van der Waals surface area contributed by atoms with Gasteiger partial charge in [-0.15, -0.1) is 0 Å². The van der Waals surface area contributed by atoms with Crippen LogP contribution in [0.3, 0.4) is 0 Å². The standard InChI is InChI=1S/C16H26N2O4/c1-5-16(6-2,10-19)9-18-14(20)8-17-15(21)13-7-11(3)22-12(13)4/h7,19H,5-6,8-10H2,1-4H3,(H,17,21)(H,18,20). The molecule has 0 bridgehead atoms. The molecular formula is C16H26N2O4. The lowest BCUT2D eigenvalue weighted by Crippen LogP contribution is -2.43. The lowest BCUT2D eigenvalue weighted by molar-refractivity contribution is -0.120. The zero-order chi connectivity index (χ0) is 16.8. The number of nitrogens with one attached hydrogen (secondary N) is 2. The fraction of sp³-hybridized carbons (Fsp3) is 0.625. The SMILES string of the molecule is CCC(CC)(CO)CNC(=O)CNC(=O)c1cc(C)oc1C. The molecule has 1 aromatic rings. The molecule has 0 saturated heterocycles. The first-order chi connectivity index (χ1) is 10.4. The predicted octanol–water partition coefficient (Wildman–Crippen LogP) is 1.54. The molecule has 6 heteroatoms. The predicted molar refractivity (Wildman–Crippen MR) is 83.6 cm³/mol. The van der Waals surface area contributed by atoms with Gasteiger partial charge in [0.1, 0.15) is 11.5 Å². The number of hydrogen-bond donors (Lipinski definition) is 3. The third-order valence-electron chi connectivity index (χ3n) is 4.19. The zero-order valence-corrected chi connectivity index (χ0v) is 13.8. The average Bonchev–Trinajstić information content (AvgIpc) is 2.85. The molecule has 2 amide bonds. The van der Waals surface area contributed by atoms with Crippen molar-refractivity contribution in [1.29, 1.82) is 0 Å². The molecule has 0 unspecified atom stereocenters. The Morgan fingerprint density at radius 1 is 1.23 bits per heavy atom. The summed E-state index contributed by atoms with van der Waals surface area (Å²) in [6.45, 7) is 7.77. The monoisotopic (exact) mass is 310 g/mol. The van der Waals surface area contributed by atoms with Crippen LogP contribution in [0.2, 0.25) is 0 Å². The molecule has 0 aromatic carbocycles. The number of aryl methyl sites for hydroxylation is 2. The molecule has 22 heavy (non-hydrogen) atoms. The third-order valence-corrected chi connectivity index (χ3v) is 4.19. The minimum Gasteiger partial charge on any atom is -0.466 e. The molecule has 0 aliphatic heterocycles. The van der Waals surface area contributed by atoms with Crippen LogP contribution in [0.15, 0.2) is 10.5 Å². The van der Waals surface area contributed by atoms with Crippen molar-refractivity contribution in [3.63, 3.8) is 0 Å². The summed E-state index contributed by atoms with van der Waals surface area (Å²) in [6, 6.07) is 1.65. The quantitative estimate of drug-likeness (QED) is 0.679. The molecule has 124 valence electrons. The molecule has 0 aliphatic carbocycles. The first-order valence-electron chi connectivity index (χ1n) is 7.60. The molecular weight excluding hydrogens is 284 g/mol. The van der Waals surface area contributed by atoms with Crippen LogP contribution in [-0.2, 0) is 4.79 Å². The van der Waals surface area contributed by atoms with Gasteiger partial charge in [0.15, 0.2) is 0 Å². The summed E-state index contributed by atoms with van der Waals surface area (Å²) in [6.07, 6.45) is 1.56. The minimum atomic E-state index is -0.330. The van der Waals surface area contributed by atoms with E-state index in [1.807, 2.05) is 13.8 Å². The van der Waals surface area contributed by atoms with Crippen LogP contribution in [0, 0.1) is 19.3 Å². The van der Waals surface area contributed by atoms with Gasteiger partial charge >= 0.3 is 0 Å². The highest BCUT2D eigenvalue weighted by Crippen LogP contribution is 2.24. The van der Waals surface area contributed by atoms with E-state index in [1.165, 1.54) is 0 Å². The Labute approximate surface area is 131 Å². The van der Waals surface area contributed by atoms with Crippen LogP contribution in [0.5, 0.6) is 0 Å². The van der Waals surface area contributed by atoms with Gasteiger partial charge in [-0.3, -0.25) is 9.59 Å². The largest absolute Gasteiger partial charge is 0.466 e.